The summed E-state index contributed by atoms with van der Waals surface area (Å²) in [5.41, 5.74) is 1.58. The maximum atomic E-state index is 13.3. The fraction of sp³-hybridized carbons (Fsp3) is 0.0588. The number of nitrogens with one attached hydrogen (secondary N) is 1. The summed E-state index contributed by atoms with van der Waals surface area (Å²) in [5, 5.41) is 3.53. The lowest BCUT2D eigenvalue weighted by molar-refractivity contribution is 0.0998. The molecule has 2 aromatic heterocycles. The zero-order valence-corrected chi connectivity index (χ0v) is 13.2. The van der Waals surface area contributed by atoms with E-state index in [1.54, 1.807) is 13.0 Å². The van der Waals surface area contributed by atoms with E-state index in [0.717, 1.165) is 11.3 Å². The lowest BCUT2D eigenvalue weighted by atomic mass is 10.1. The van der Waals surface area contributed by atoms with Gasteiger partial charge in [0.15, 0.2) is 10.9 Å². The molecule has 0 fully saturated rings. The molecule has 0 aliphatic carbocycles. The number of rotatable bonds is 2. The third-order valence-electron chi connectivity index (χ3n) is 3.68. The lowest BCUT2D eigenvalue weighted by Crippen LogP contribution is -2.11. The monoisotopic (exact) mass is 344 g/mol. The molecule has 0 saturated heterocycles. The summed E-state index contributed by atoms with van der Waals surface area (Å²) in [6.07, 6.45) is 0. The van der Waals surface area contributed by atoms with Crippen LogP contribution in [0, 0.1) is 18.6 Å². The van der Waals surface area contributed by atoms with Gasteiger partial charge in [0.1, 0.15) is 17.2 Å². The summed E-state index contributed by atoms with van der Waals surface area (Å²) in [6.45, 7) is 1.69. The highest BCUT2D eigenvalue weighted by atomic mass is 32.1. The summed E-state index contributed by atoms with van der Waals surface area (Å²) in [7, 11) is 0. The van der Waals surface area contributed by atoms with Crippen molar-refractivity contribution >= 4 is 43.6 Å². The van der Waals surface area contributed by atoms with Gasteiger partial charge in [-0.3, -0.25) is 10.1 Å². The minimum atomic E-state index is -0.483. The number of hydrogen-bond acceptors (Lipinski definition) is 4. The molecule has 120 valence electrons. The predicted molar refractivity (Wildman–Crippen MR) is 88.4 cm³/mol. The first-order chi connectivity index (χ1) is 11.5. The fourth-order valence-corrected chi connectivity index (χ4v) is 3.40. The topological polar surface area (TPSA) is 55.1 Å². The quantitative estimate of drug-likeness (QED) is 0.564. The molecule has 4 rings (SSSR count). The number of carbonyl (C=O) groups is 1. The van der Waals surface area contributed by atoms with Gasteiger partial charge in [0.2, 0.25) is 0 Å². The SMILES string of the molecule is Cc1c(C(=O)Nc2nc3ccc(F)cc3s2)oc2ccc(F)cc12. The van der Waals surface area contributed by atoms with Gasteiger partial charge in [-0.25, -0.2) is 13.8 Å². The summed E-state index contributed by atoms with van der Waals surface area (Å²) < 4.78 is 32.7. The molecule has 0 spiro atoms. The number of benzene rings is 2. The van der Waals surface area contributed by atoms with Crippen LogP contribution in [-0.4, -0.2) is 10.9 Å². The molecule has 0 bridgehead atoms. The van der Waals surface area contributed by atoms with Crippen LogP contribution < -0.4 is 5.32 Å². The summed E-state index contributed by atoms with van der Waals surface area (Å²) in [5.74, 6) is -1.14. The van der Waals surface area contributed by atoms with Crippen molar-refractivity contribution in [3.8, 4) is 0 Å². The van der Waals surface area contributed by atoms with E-state index in [-0.39, 0.29) is 11.6 Å². The second kappa shape index (κ2) is 5.38. The number of aromatic nitrogens is 1. The first-order valence-corrected chi connectivity index (χ1v) is 7.89. The maximum Gasteiger partial charge on any atom is 0.293 e. The van der Waals surface area contributed by atoms with Crippen molar-refractivity contribution in [2.45, 2.75) is 6.92 Å². The Balaban J connectivity index is 1.69. The standard InChI is InChI=1S/C17H10F2N2O2S/c1-8-11-6-9(18)3-5-13(11)23-15(8)16(22)21-17-20-12-4-2-10(19)7-14(12)24-17/h2-7H,1H3,(H,20,21,22). The van der Waals surface area contributed by atoms with Crippen LogP contribution in [0.4, 0.5) is 13.9 Å². The molecule has 1 amide bonds. The third-order valence-corrected chi connectivity index (χ3v) is 4.61. The van der Waals surface area contributed by atoms with E-state index in [2.05, 4.69) is 10.3 Å². The van der Waals surface area contributed by atoms with E-state index in [9.17, 15) is 13.6 Å². The Bertz CT molecular complexity index is 1100. The Morgan fingerprint density at radius 1 is 1.17 bits per heavy atom. The number of furan rings is 1. The molecule has 0 atom stereocenters. The summed E-state index contributed by atoms with van der Waals surface area (Å²) >= 11 is 1.16. The van der Waals surface area contributed by atoms with Crippen LogP contribution in [0.1, 0.15) is 16.1 Å². The molecule has 0 unspecified atom stereocenters. The van der Waals surface area contributed by atoms with Crippen LogP contribution in [0.25, 0.3) is 21.2 Å². The number of fused-ring (bicyclic) bond motifs is 2. The average Bonchev–Trinajstić information content (AvgIpc) is 3.08. The Hall–Kier alpha value is -2.80. The Kier molecular flexibility index (Phi) is 3.31. The molecule has 4 nitrogen and oxygen atoms in total. The second-order valence-electron chi connectivity index (χ2n) is 5.28. The van der Waals surface area contributed by atoms with E-state index in [1.165, 1.54) is 30.3 Å². The zero-order valence-electron chi connectivity index (χ0n) is 12.4. The van der Waals surface area contributed by atoms with E-state index in [4.69, 9.17) is 4.42 Å². The van der Waals surface area contributed by atoms with Crippen molar-refractivity contribution in [1.82, 2.24) is 4.98 Å². The van der Waals surface area contributed by atoms with Gasteiger partial charge in [-0.1, -0.05) is 11.3 Å². The molecule has 1 N–H and O–H groups in total. The van der Waals surface area contributed by atoms with E-state index in [0.29, 0.717) is 31.9 Å². The molecular formula is C17H10F2N2O2S. The number of halogens is 2. The van der Waals surface area contributed by atoms with E-state index >= 15 is 0 Å². The second-order valence-corrected chi connectivity index (χ2v) is 6.31. The van der Waals surface area contributed by atoms with Gasteiger partial charge in [-0.2, -0.15) is 0 Å². The first kappa shape index (κ1) is 14.8. The molecule has 0 radical (unpaired) electrons. The van der Waals surface area contributed by atoms with Crippen LogP contribution in [-0.2, 0) is 0 Å². The largest absolute Gasteiger partial charge is 0.451 e. The number of carbonyl (C=O) groups excluding carboxylic acids is 1. The summed E-state index contributed by atoms with van der Waals surface area (Å²) in [6, 6.07) is 8.30. The van der Waals surface area contributed by atoms with Gasteiger partial charge in [0.05, 0.1) is 10.2 Å². The van der Waals surface area contributed by atoms with E-state index in [1.807, 2.05) is 0 Å². The Morgan fingerprint density at radius 3 is 2.75 bits per heavy atom. The number of amides is 1. The smallest absolute Gasteiger partial charge is 0.293 e. The molecule has 7 heteroatoms. The molecule has 2 heterocycles. The van der Waals surface area contributed by atoms with Crippen LogP contribution >= 0.6 is 11.3 Å². The maximum absolute atomic E-state index is 13.3. The molecule has 0 saturated carbocycles. The molecule has 4 aromatic rings. The Morgan fingerprint density at radius 2 is 1.92 bits per heavy atom. The third kappa shape index (κ3) is 2.43. The molecule has 0 aliphatic rings. The van der Waals surface area contributed by atoms with Crippen LogP contribution in [0.5, 0.6) is 0 Å². The highest BCUT2D eigenvalue weighted by Gasteiger charge is 2.19. The highest BCUT2D eigenvalue weighted by molar-refractivity contribution is 7.22. The van der Waals surface area contributed by atoms with Crippen molar-refractivity contribution < 1.29 is 18.0 Å². The normalized spacial score (nSPS) is 11.3. The van der Waals surface area contributed by atoms with Crippen LogP contribution in [0.3, 0.4) is 0 Å². The van der Waals surface area contributed by atoms with Gasteiger partial charge in [0, 0.05) is 10.9 Å². The molecule has 2 aromatic carbocycles. The molecule has 0 aliphatic heterocycles. The number of aryl methyl sites for hydroxylation is 1. The number of thiazole rings is 1. The van der Waals surface area contributed by atoms with E-state index < -0.39 is 11.7 Å². The lowest BCUT2D eigenvalue weighted by Gasteiger charge is -1.98. The van der Waals surface area contributed by atoms with Crippen LogP contribution in [0.2, 0.25) is 0 Å². The number of hydrogen-bond donors (Lipinski definition) is 1. The highest BCUT2D eigenvalue weighted by Crippen LogP contribution is 2.29. The minimum Gasteiger partial charge on any atom is -0.451 e. The van der Waals surface area contributed by atoms with Gasteiger partial charge in [-0.15, -0.1) is 0 Å². The van der Waals surface area contributed by atoms with Gasteiger partial charge < -0.3 is 4.42 Å². The molecular weight excluding hydrogens is 334 g/mol. The first-order valence-electron chi connectivity index (χ1n) is 7.07. The molecule has 24 heavy (non-hydrogen) atoms. The number of nitrogens with zero attached hydrogens (tertiary/aromatic N) is 1. The van der Waals surface area contributed by atoms with Gasteiger partial charge in [-0.05, 0) is 43.3 Å². The average molecular weight is 344 g/mol. The van der Waals surface area contributed by atoms with Crippen molar-refractivity contribution in [3.63, 3.8) is 0 Å². The fourth-order valence-electron chi connectivity index (χ4n) is 2.52. The minimum absolute atomic E-state index is 0.0982. The van der Waals surface area contributed by atoms with Crippen molar-refractivity contribution in [3.05, 3.63) is 59.4 Å². The van der Waals surface area contributed by atoms with Crippen LogP contribution in [0.15, 0.2) is 40.8 Å². The zero-order chi connectivity index (χ0) is 16.8. The van der Waals surface area contributed by atoms with Gasteiger partial charge in [0.25, 0.3) is 5.91 Å². The predicted octanol–water partition coefficient (Wildman–Crippen LogP) is 4.88. The Labute approximate surface area is 138 Å². The van der Waals surface area contributed by atoms with Crippen molar-refractivity contribution in [2.24, 2.45) is 0 Å². The van der Waals surface area contributed by atoms with Crippen molar-refractivity contribution in [2.75, 3.05) is 5.32 Å². The van der Waals surface area contributed by atoms with Crippen molar-refractivity contribution in [1.29, 1.82) is 0 Å². The van der Waals surface area contributed by atoms with Gasteiger partial charge >= 0.3 is 0 Å². The summed E-state index contributed by atoms with van der Waals surface area (Å²) in [4.78, 5) is 16.7. The number of anilines is 1.